The molecule has 1 heterocycles. The van der Waals surface area contributed by atoms with Crippen LogP contribution in [0.2, 0.25) is 13.1 Å². The molecule has 6 heteroatoms. The van der Waals surface area contributed by atoms with Gasteiger partial charge in [0.25, 0.3) is 0 Å². The van der Waals surface area contributed by atoms with Crippen LogP contribution in [-0.4, -0.2) is 38.9 Å². The summed E-state index contributed by atoms with van der Waals surface area (Å²) in [6.45, 7) is 12.8. The number of carbonyl (C=O) groups is 1. The molecule has 0 aliphatic carbocycles. The Labute approximate surface area is 139 Å². The zero-order valence-corrected chi connectivity index (χ0v) is 15.8. The zero-order chi connectivity index (χ0) is 17.4. The van der Waals surface area contributed by atoms with Crippen LogP contribution in [0.4, 0.5) is 0 Å². The summed E-state index contributed by atoms with van der Waals surface area (Å²) in [4.78, 5) is 11.3. The standard InChI is InChI=1S/C17H26O5Si/c1-10-11(16(18)19)7-8-12-14(10)21-13(9-20-12)15(17(2,3)4)22-23(5)6/h7-8,13,15,23H,9H2,1-6H3,(H,18,19). The van der Waals surface area contributed by atoms with Crippen molar-refractivity contribution in [3.8, 4) is 11.5 Å². The average Bonchev–Trinajstić information content (AvgIpc) is 2.43. The molecule has 1 aliphatic heterocycles. The van der Waals surface area contributed by atoms with E-state index in [2.05, 4.69) is 33.9 Å². The normalized spacial score (nSPS) is 18.8. The molecule has 1 aromatic carbocycles. The molecule has 1 aliphatic rings. The second-order valence-corrected chi connectivity index (χ2v) is 9.68. The lowest BCUT2D eigenvalue weighted by Gasteiger charge is -2.40. The van der Waals surface area contributed by atoms with Crippen molar-refractivity contribution in [2.75, 3.05) is 6.61 Å². The molecule has 0 saturated heterocycles. The number of ether oxygens (including phenoxy) is 2. The van der Waals surface area contributed by atoms with Gasteiger partial charge < -0.3 is 19.0 Å². The summed E-state index contributed by atoms with van der Waals surface area (Å²) < 4.78 is 18.2. The third-order valence-electron chi connectivity index (χ3n) is 3.88. The maximum Gasteiger partial charge on any atom is 0.336 e. The van der Waals surface area contributed by atoms with Gasteiger partial charge in [0.1, 0.15) is 6.61 Å². The van der Waals surface area contributed by atoms with Gasteiger partial charge in [0, 0.05) is 5.56 Å². The summed E-state index contributed by atoms with van der Waals surface area (Å²) >= 11 is 0. The van der Waals surface area contributed by atoms with E-state index in [0.717, 1.165) is 0 Å². The fourth-order valence-corrected chi connectivity index (χ4v) is 3.98. The molecule has 1 aromatic rings. The second-order valence-electron chi connectivity index (χ2n) is 7.31. The van der Waals surface area contributed by atoms with E-state index in [0.29, 0.717) is 23.7 Å². The lowest BCUT2D eigenvalue weighted by molar-refractivity contribution is -0.0477. The summed E-state index contributed by atoms with van der Waals surface area (Å²) in [6.07, 6.45) is -0.352. The Morgan fingerprint density at radius 1 is 1.39 bits per heavy atom. The zero-order valence-electron chi connectivity index (χ0n) is 14.7. The van der Waals surface area contributed by atoms with Gasteiger partial charge >= 0.3 is 5.97 Å². The summed E-state index contributed by atoms with van der Waals surface area (Å²) in [5.41, 5.74) is 0.731. The molecule has 1 N–H and O–H groups in total. The molecule has 5 nitrogen and oxygen atoms in total. The summed E-state index contributed by atoms with van der Waals surface area (Å²) in [5, 5.41) is 9.28. The van der Waals surface area contributed by atoms with Crippen molar-refractivity contribution in [1.82, 2.24) is 0 Å². The van der Waals surface area contributed by atoms with E-state index in [1.165, 1.54) is 0 Å². The molecule has 128 valence electrons. The number of hydrogen-bond acceptors (Lipinski definition) is 4. The topological polar surface area (TPSA) is 65.0 Å². The Kier molecular flexibility index (Phi) is 5.06. The van der Waals surface area contributed by atoms with Crippen molar-refractivity contribution in [3.05, 3.63) is 23.3 Å². The minimum absolute atomic E-state index is 0.0961. The summed E-state index contributed by atoms with van der Waals surface area (Å²) in [6, 6.07) is 3.21. The Balaban J connectivity index is 2.34. The quantitative estimate of drug-likeness (QED) is 0.854. The molecule has 2 atom stereocenters. The lowest BCUT2D eigenvalue weighted by atomic mass is 9.85. The van der Waals surface area contributed by atoms with Crippen LogP contribution in [-0.2, 0) is 4.43 Å². The smallest absolute Gasteiger partial charge is 0.336 e. The molecular weight excluding hydrogens is 312 g/mol. The highest BCUT2D eigenvalue weighted by Crippen LogP contribution is 2.39. The lowest BCUT2D eigenvalue weighted by Crippen LogP contribution is -2.49. The van der Waals surface area contributed by atoms with E-state index in [1.807, 2.05) is 0 Å². The number of carboxylic acid groups (broad SMARTS) is 1. The van der Waals surface area contributed by atoms with Crippen LogP contribution >= 0.6 is 0 Å². The fourth-order valence-electron chi connectivity index (χ4n) is 2.81. The molecule has 0 bridgehead atoms. The number of benzene rings is 1. The van der Waals surface area contributed by atoms with Crippen LogP contribution < -0.4 is 9.47 Å². The first-order valence-corrected chi connectivity index (χ1v) is 10.7. The van der Waals surface area contributed by atoms with E-state index in [1.54, 1.807) is 19.1 Å². The highest BCUT2D eigenvalue weighted by atomic mass is 28.3. The van der Waals surface area contributed by atoms with Gasteiger partial charge in [-0.1, -0.05) is 20.8 Å². The van der Waals surface area contributed by atoms with E-state index in [-0.39, 0.29) is 23.2 Å². The SMILES string of the molecule is Cc1c(C(=O)O)ccc2c1OC(C(O[SiH](C)C)C(C)(C)C)CO2. The summed E-state index contributed by atoms with van der Waals surface area (Å²) in [5.74, 6) is 0.150. The average molecular weight is 338 g/mol. The maximum absolute atomic E-state index is 11.3. The van der Waals surface area contributed by atoms with Gasteiger partial charge in [-0.2, -0.15) is 0 Å². The van der Waals surface area contributed by atoms with Crippen LogP contribution in [0.25, 0.3) is 0 Å². The number of rotatable bonds is 4. The Hall–Kier alpha value is -1.53. The van der Waals surface area contributed by atoms with Crippen molar-refractivity contribution >= 4 is 15.0 Å². The molecule has 0 amide bonds. The first-order chi connectivity index (χ1) is 10.6. The highest BCUT2D eigenvalue weighted by molar-refractivity contribution is 6.48. The molecule has 2 rings (SSSR count). The van der Waals surface area contributed by atoms with Gasteiger partial charge in [0.2, 0.25) is 0 Å². The molecule has 0 radical (unpaired) electrons. The third-order valence-corrected chi connectivity index (χ3v) is 4.72. The molecule has 0 fully saturated rings. The maximum atomic E-state index is 11.3. The minimum Gasteiger partial charge on any atom is -0.486 e. The van der Waals surface area contributed by atoms with E-state index >= 15 is 0 Å². The number of fused-ring (bicyclic) bond motifs is 1. The van der Waals surface area contributed by atoms with Crippen LogP contribution in [0.15, 0.2) is 12.1 Å². The van der Waals surface area contributed by atoms with Crippen molar-refractivity contribution in [2.45, 2.75) is 53.0 Å². The van der Waals surface area contributed by atoms with Crippen molar-refractivity contribution in [2.24, 2.45) is 5.41 Å². The first kappa shape index (κ1) is 17.8. The number of aromatic carboxylic acids is 1. The number of hydrogen-bond donors (Lipinski definition) is 1. The van der Waals surface area contributed by atoms with Gasteiger partial charge in [-0.3, -0.25) is 0 Å². The molecule has 23 heavy (non-hydrogen) atoms. The predicted octanol–water partition coefficient (Wildman–Crippen LogP) is 3.25. The molecular formula is C17H26O5Si. The summed E-state index contributed by atoms with van der Waals surface area (Å²) in [7, 11) is -1.25. The van der Waals surface area contributed by atoms with Crippen LogP contribution in [0.1, 0.15) is 36.7 Å². The molecule has 2 unspecified atom stereocenters. The highest BCUT2D eigenvalue weighted by Gasteiger charge is 2.38. The van der Waals surface area contributed by atoms with Gasteiger partial charge in [0.15, 0.2) is 26.6 Å². The van der Waals surface area contributed by atoms with Crippen LogP contribution in [0.3, 0.4) is 0 Å². The van der Waals surface area contributed by atoms with Gasteiger partial charge in [-0.05, 0) is 37.6 Å². The van der Waals surface area contributed by atoms with E-state index < -0.39 is 15.0 Å². The Bertz CT molecular complexity index is 591. The van der Waals surface area contributed by atoms with Crippen LogP contribution in [0, 0.1) is 12.3 Å². The monoisotopic (exact) mass is 338 g/mol. The number of carboxylic acids is 1. The molecule has 0 saturated carbocycles. The first-order valence-electron chi connectivity index (χ1n) is 7.93. The minimum atomic E-state index is -1.25. The van der Waals surface area contributed by atoms with Crippen molar-refractivity contribution < 1.29 is 23.8 Å². The molecule has 0 spiro atoms. The Morgan fingerprint density at radius 3 is 2.57 bits per heavy atom. The van der Waals surface area contributed by atoms with Crippen LogP contribution in [0.5, 0.6) is 11.5 Å². The van der Waals surface area contributed by atoms with Gasteiger partial charge in [-0.25, -0.2) is 4.79 Å². The van der Waals surface area contributed by atoms with Gasteiger partial charge in [0.05, 0.1) is 11.7 Å². The van der Waals surface area contributed by atoms with Gasteiger partial charge in [-0.15, -0.1) is 0 Å². The Morgan fingerprint density at radius 2 is 2.04 bits per heavy atom. The van der Waals surface area contributed by atoms with Crippen molar-refractivity contribution in [1.29, 1.82) is 0 Å². The second kappa shape index (κ2) is 6.53. The third kappa shape index (κ3) is 3.87. The van der Waals surface area contributed by atoms with E-state index in [4.69, 9.17) is 13.9 Å². The largest absolute Gasteiger partial charge is 0.486 e. The molecule has 0 aromatic heterocycles. The fraction of sp³-hybridized carbons (Fsp3) is 0.588. The van der Waals surface area contributed by atoms with Crippen molar-refractivity contribution in [3.63, 3.8) is 0 Å². The van der Waals surface area contributed by atoms with E-state index in [9.17, 15) is 9.90 Å². The predicted molar refractivity (Wildman–Crippen MR) is 91.3 cm³/mol.